The van der Waals surface area contributed by atoms with Gasteiger partial charge in [0, 0.05) is 18.8 Å². The highest BCUT2D eigenvalue weighted by molar-refractivity contribution is 7.80. The maximum atomic E-state index is 5.39. The van der Waals surface area contributed by atoms with Gasteiger partial charge in [-0.3, -0.25) is 4.68 Å². The number of hydrogen-bond acceptors (Lipinski definition) is 2. The van der Waals surface area contributed by atoms with Crippen molar-refractivity contribution in [2.75, 3.05) is 0 Å². The fourth-order valence-electron chi connectivity index (χ4n) is 0.926. The molecule has 0 aliphatic heterocycles. The molecule has 0 aliphatic carbocycles. The van der Waals surface area contributed by atoms with Crippen molar-refractivity contribution in [2.45, 2.75) is 19.4 Å². The predicted octanol–water partition coefficient (Wildman–Crippen LogP) is 1.12. The Kier molecular flexibility index (Phi) is 2.59. The number of nitrogens with zero attached hydrogens (tertiary/aromatic N) is 2. The van der Waals surface area contributed by atoms with Crippen LogP contribution in [0, 0.1) is 0 Å². The largest absolute Gasteiger partial charge is 0.393 e. The average molecular weight is 169 g/mol. The molecule has 1 heterocycles. The summed E-state index contributed by atoms with van der Waals surface area (Å²) in [5.74, 6) is 0. The maximum Gasteiger partial charge on any atom is 0.0748 e. The zero-order valence-electron chi connectivity index (χ0n) is 6.40. The predicted molar refractivity (Wildman–Crippen MR) is 48.3 cm³/mol. The van der Waals surface area contributed by atoms with Crippen LogP contribution in [0.4, 0.5) is 0 Å². The van der Waals surface area contributed by atoms with Gasteiger partial charge in [-0.15, -0.1) is 0 Å². The Morgan fingerprint density at radius 1 is 1.82 bits per heavy atom. The Morgan fingerprint density at radius 3 is 3.00 bits per heavy atom. The minimum Gasteiger partial charge on any atom is -0.393 e. The molecule has 0 amide bonds. The first kappa shape index (κ1) is 8.20. The first-order valence-corrected chi connectivity index (χ1v) is 3.88. The van der Waals surface area contributed by atoms with Crippen LogP contribution < -0.4 is 5.73 Å². The molecule has 0 aromatic carbocycles. The van der Waals surface area contributed by atoms with E-state index in [4.69, 9.17) is 18.0 Å². The summed E-state index contributed by atoms with van der Waals surface area (Å²) in [6.07, 6.45) is 4.36. The summed E-state index contributed by atoms with van der Waals surface area (Å²) in [5.41, 5.74) is 5.39. The second-order valence-corrected chi connectivity index (χ2v) is 3.03. The lowest BCUT2D eigenvalue weighted by Crippen LogP contribution is -2.15. The molecule has 0 aliphatic rings. The van der Waals surface area contributed by atoms with E-state index in [1.807, 2.05) is 23.9 Å². The van der Waals surface area contributed by atoms with E-state index in [2.05, 4.69) is 5.10 Å². The van der Waals surface area contributed by atoms with E-state index in [1.165, 1.54) is 0 Å². The van der Waals surface area contributed by atoms with Gasteiger partial charge < -0.3 is 5.73 Å². The summed E-state index contributed by atoms with van der Waals surface area (Å²) in [6, 6.07) is 2.15. The third-order valence-corrected chi connectivity index (χ3v) is 1.64. The fraction of sp³-hybridized carbons (Fsp3) is 0.429. The highest BCUT2D eigenvalue weighted by Gasteiger charge is 2.04. The van der Waals surface area contributed by atoms with Crippen molar-refractivity contribution in [1.82, 2.24) is 9.78 Å². The molecule has 4 heteroatoms. The topological polar surface area (TPSA) is 43.8 Å². The standard InChI is InChI=1S/C7H11N3S/c1-6(5-7(8)11)10-4-2-3-9-10/h2-4,6H,5H2,1H3,(H2,8,11). The summed E-state index contributed by atoms with van der Waals surface area (Å²) in [5, 5.41) is 4.07. The van der Waals surface area contributed by atoms with Gasteiger partial charge in [0.2, 0.25) is 0 Å². The fourth-order valence-corrected chi connectivity index (χ4v) is 1.17. The molecule has 60 valence electrons. The average Bonchev–Trinajstić information content (AvgIpc) is 2.35. The lowest BCUT2D eigenvalue weighted by molar-refractivity contribution is 0.507. The van der Waals surface area contributed by atoms with Gasteiger partial charge in [-0.05, 0) is 13.0 Å². The summed E-state index contributed by atoms with van der Waals surface area (Å²) in [6.45, 7) is 2.03. The number of hydrogen-bond donors (Lipinski definition) is 1. The first-order valence-electron chi connectivity index (χ1n) is 3.47. The molecule has 0 spiro atoms. The first-order chi connectivity index (χ1) is 5.20. The molecule has 0 fully saturated rings. The van der Waals surface area contributed by atoms with Crippen molar-refractivity contribution >= 4 is 17.2 Å². The molecule has 2 N–H and O–H groups in total. The van der Waals surface area contributed by atoms with Gasteiger partial charge in [0.25, 0.3) is 0 Å². The van der Waals surface area contributed by atoms with E-state index < -0.39 is 0 Å². The Hall–Kier alpha value is -0.900. The molecule has 0 saturated heterocycles. The molecule has 3 nitrogen and oxygen atoms in total. The molecule has 1 aromatic heterocycles. The van der Waals surface area contributed by atoms with Crippen LogP contribution in [-0.2, 0) is 0 Å². The molecule has 1 atom stereocenters. The molecule has 0 saturated carbocycles. The van der Waals surface area contributed by atoms with Gasteiger partial charge in [0.1, 0.15) is 0 Å². The Bertz CT molecular complexity index is 230. The molecule has 0 bridgehead atoms. The van der Waals surface area contributed by atoms with Gasteiger partial charge >= 0.3 is 0 Å². The van der Waals surface area contributed by atoms with E-state index in [0.29, 0.717) is 11.4 Å². The Balaban J connectivity index is 2.56. The third kappa shape index (κ3) is 2.31. The zero-order chi connectivity index (χ0) is 8.27. The highest BCUT2D eigenvalue weighted by atomic mass is 32.1. The Morgan fingerprint density at radius 2 is 2.55 bits per heavy atom. The van der Waals surface area contributed by atoms with Crippen LogP contribution in [0.25, 0.3) is 0 Å². The van der Waals surface area contributed by atoms with Crippen molar-refractivity contribution in [2.24, 2.45) is 5.73 Å². The van der Waals surface area contributed by atoms with Crippen molar-refractivity contribution in [1.29, 1.82) is 0 Å². The molecule has 1 aromatic rings. The zero-order valence-corrected chi connectivity index (χ0v) is 7.21. The van der Waals surface area contributed by atoms with Crippen LogP contribution in [-0.4, -0.2) is 14.8 Å². The van der Waals surface area contributed by atoms with Crippen LogP contribution >= 0.6 is 12.2 Å². The second-order valence-electron chi connectivity index (χ2n) is 2.51. The van der Waals surface area contributed by atoms with Gasteiger partial charge in [-0.1, -0.05) is 12.2 Å². The monoisotopic (exact) mass is 169 g/mol. The van der Waals surface area contributed by atoms with Gasteiger partial charge in [0.05, 0.1) is 11.0 Å². The maximum absolute atomic E-state index is 5.39. The molecule has 1 rings (SSSR count). The van der Waals surface area contributed by atoms with E-state index in [0.717, 1.165) is 0 Å². The number of aromatic nitrogens is 2. The highest BCUT2D eigenvalue weighted by Crippen LogP contribution is 2.07. The van der Waals surface area contributed by atoms with E-state index in [-0.39, 0.29) is 6.04 Å². The smallest absolute Gasteiger partial charge is 0.0748 e. The van der Waals surface area contributed by atoms with Crippen LogP contribution in [0.2, 0.25) is 0 Å². The minimum absolute atomic E-state index is 0.266. The summed E-state index contributed by atoms with van der Waals surface area (Å²) in [7, 11) is 0. The molecule has 0 radical (unpaired) electrons. The van der Waals surface area contributed by atoms with Crippen LogP contribution in [0.3, 0.4) is 0 Å². The lowest BCUT2D eigenvalue weighted by atomic mass is 10.2. The summed E-state index contributed by atoms with van der Waals surface area (Å²) in [4.78, 5) is 0.535. The van der Waals surface area contributed by atoms with Crippen molar-refractivity contribution in [3.63, 3.8) is 0 Å². The second kappa shape index (κ2) is 3.48. The third-order valence-electron chi connectivity index (χ3n) is 1.47. The SMILES string of the molecule is CC(CC(N)=S)n1cccn1. The quantitative estimate of drug-likeness (QED) is 0.689. The van der Waals surface area contributed by atoms with Gasteiger partial charge in [-0.2, -0.15) is 5.10 Å². The van der Waals surface area contributed by atoms with Crippen LogP contribution in [0.1, 0.15) is 19.4 Å². The van der Waals surface area contributed by atoms with Crippen LogP contribution in [0.5, 0.6) is 0 Å². The molecular formula is C7H11N3S. The van der Waals surface area contributed by atoms with Crippen molar-refractivity contribution in [3.05, 3.63) is 18.5 Å². The van der Waals surface area contributed by atoms with Gasteiger partial charge in [-0.25, -0.2) is 0 Å². The number of thiocarbonyl (C=S) groups is 1. The molecule has 1 unspecified atom stereocenters. The van der Waals surface area contributed by atoms with E-state index in [1.54, 1.807) is 6.20 Å². The summed E-state index contributed by atoms with van der Waals surface area (Å²) >= 11 is 4.78. The van der Waals surface area contributed by atoms with Crippen LogP contribution in [0.15, 0.2) is 18.5 Å². The minimum atomic E-state index is 0.266. The molecular weight excluding hydrogens is 158 g/mol. The van der Waals surface area contributed by atoms with Crippen molar-refractivity contribution in [3.8, 4) is 0 Å². The number of nitrogens with two attached hydrogens (primary N) is 1. The molecule has 11 heavy (non-hydrogen) atoms. The van der Waals surface area contributed by atoms with E-state index in [9.17, 15) is 0 Å². The summed E-state index contributed by atoms with van der Waals surface area (Å²) < 4.78 is 1.85. The lowest BCUT2D eigenvalue weighted by Gasteiger charge is -2.09. The normalized spacial score (nSPS) is 12.8. The Labute approximate surface area is 71.2 Å². The van der Waals surface area contributed by atoms with E-state index >= 15 is 0 Å². The van der Waals surface area contributed by atoms with Gasteiger partial charge in [0.15, 0.2) is 0 Å². The van der Waals surface area contributed by atoms with Crippen molar-refractivity contribution < 1.29 is 0 Å². The number of rotatable bonds is 3.